The van der Waals surface area contributed by atoms with E-state index in [9.17, 15) is 0 Å². The summed E-state index contributed by atoms with van der Waals surface area (Å²) in [5, 5.41) is 0.860. The quantitative estimate of drug-likeness (QED) is 0.628. The Kier molecular flexibility index (Phi) is 3.54. The summed E-state index contributed by atoms with van der Waals surface area (Å²) >= 11 is 1.52. The molecule has 4 heteroatoms. The van der Waals surface area contributed by atoms with Crippen LogP contribution in [0.1, 0.15) is 6.42 Å². The molecule has 1 atom stereocenters. The van der Waals surface area contributed by atoms with Crippen LogP contribution in [0.3, 0.4) is 0 Å². The van der Waals surface area contributed by atoms with Crippen molar-refractivity contribution in [3.63, 3.8) is 0 Å². The average molecular weight is 231 g/mol. The molecule has 16 heavy (non-hydrogen) atoms. The van der Waals surface area contributed by atoms with Crippen molar-refractivity contribution in [3.8, 4) is 0 Å². The number of nitrogens with zero attached hydrogens (tertiary/aromatic N) is 2. The molecule has 0 saturated heterocycles. The third kappa shape index (κ3) is 2.59. The lowest BCUT2D eigenvalue weighted by atomic mass is 10.3. The molecule has 1 unspecified atom stereocenters. The molecule has 0 amide bonds. The first-order valence-corrected chi connectivity index (χ1v) is 5.91. The zero-order chi connectivity index (χ0) is 11.4. The molecule has 0 saturated carbocycles. The topological polar surface area (TPSA) is 50.7 Å². The van der Waals surface area contributed by atoms with E-state index in [2.05, 4.69) is 16.6 Å². The van der Waals surface area contributed by atoms with Crippen molar-refractivity contribution < 1.29 is 0 Å². The number of aliphatic imine (C=N–C) groups is 2. The van der Waals surface area contributed by atoms with E-state index in [1.807, 2.05) is 30.5 Å². The van der Waals surface area contributed by atoms with Gasteiger partial charge in [-0.2, -0.15) is 0 Å². The molecule has 1 aliphatic heterocycles. The Labute approximate surface area is 99.2 Å². The fourth-order valence-corrected chi connectivity index (χ4v) is 2.08. The number of para-hydroxylation sites is 2. The Bertz CT molecular complexity index is 451. The summed E-state index contributed by atoms with van der Waals surface area (Å²) in [6.45, 7) is 3.66. The number of rotatable bonds is 2. The van der Waals surface area contributed by atoms with Gasteiger partial charge in [0, 0.05) is 12.6 Å². The van der Waals surface area contributed by atoms with E-state index in [0.29, 0.717) is 0 Å². The molecule has 1 heterocycles. The minimum Gasteiger partial charge on any atom is -0.316 e. The molecule has 0 bridgehead atoms. The van der Waals surface area contributed by atoms with Gasteiger partial charge in [0.15, 0.2) is 0 Å². The van der Waals surface area contributed by atoms with Crippen LogP contribution in [0.15, 0.2) is 46.9 Å². The van der Waals surface area contributed by atoms with E-state index in [0.717, 1.165) is 22.8 Å². The Balaban J connectivity index is 2.27. The standard InChI is InChI=1S/C12H13N3S/c1-2-11(13)16-12-7-8-14-9-5-3-4-6-10(9)15-12/h2-6,8,11H,1,7,13H2. The summed E-state index contributed by atoms with van der Waals surface area (Å²) in [5.41, 5.74) is 7.60. The largest absolute Gasteiger partial charge is 0.316 e. The third-order valence-electron chi connectivity index (χ3n) is 2.13. The smallest absolute Gasteiger partial charge is 0.0895 e. The fraction of sp³-hybridized carbons (Fsp3) is 0.167. The van der Waals surface area contributed by atoms with Gasteiger partial charge in [-0.1, -0.05) is 30.0 Å². The normalized spacial score (nSPS) is 15.9. The first-order valence-electron chi connectivity index (χ1n) is 5.03. The van der Waals surface area contributed by atoms with E-state index < -0.39 is 0 Å². The zero-order valence-corrected chi connectivity index (χ0v) is 9.65. The highest BCUT2D eigenvalue weighted by Crippen LogP contribution is 2.31. The summed E-state index contributed by atoms with van der Waals surface area (Å²) in [4.78, 5) is 8.90. The summed E-state index contributed by atoms with van der Waals surface area (Å²) in [5.74, 6) is 0. The molecule has 1 aromatic rings. The molecular weight excluding hydrogens is 218 g/mol. The molecule has 3 nitrogen and oxygen atoms in total. The molecule has 0 aliphatic carbocycles. The molecule has 0 aromatic heterocycles. The first kappa shape index (κ1) is 11.1. The Morgan fingerprint density at radius 1 is 1.38 bits per heavy atom. The van der Waals surface area contributed by atoms with Crippen molar-refractivity contribution in [1.82, 2.24) is 0 Å². The van der Waals surface area contributed by atoms with Gasteiger partial charge in [0.2, 0.25) is 0 Å². The van der Waals surface area contributed by atoms with Crippen LogP contribution in [0.25, 0.3) is 0 Å². The van der Waals surface area contributed by atoms with Crippen molar-refractivity contribution in [2.24, 2.45) is 15.7 Å². The van der Waals surface area contributed by atoms with Crippen LogP contribution in [0.5, 0.6) is 0 Å². The Morgan fingerprint density at radius 3 is 2.88 bits per heavy atom. The zero-order valence-electron chi connectivity index (χ0n) is 8.84. The molecule has 1 aromatic carbocycles. The molecule has 1 aliphatic rings. The van der Waals surface area contributed by atoms with Crippen LogP contribution >= 0.6 is 11.8 Å². The Morgan fingerprint density at radius 2 is 2.12 bits per heavy atom. The van der Waals surface area contributed by atoms with Crippen LogP contribution in [-0.4, -0.2) is 16.6 Å². The molecule has 2 N–H and O–H groups in total. The second-order valence-corrected chi connectivity index (χ2v) is 4.58. The highest BCUT2D eigenvalue weighted by molar-refractivity contribution is 8.14. The van der Waals surface area contributed by atoms with Gasteiger partial charge in [-0.05, 0) is 12.1 Å². The predicted octanol–water partition coefficient (Wildman–Crippen LogP) is 3.03. The molecular formula is C12H13N3S. The van der Waals surface area contributed by atoms with Gasteiger partial charge in [-0.15, -0.1) is 6.58 Å². The van der Waals surface area contributed by atoms with Crippen LogP contribution in [-0.2, 0) is 0 Å². The van der Waals surface area contributed by atoms with Crippen LogP contribution in [0, 0.1) is 0 Å². The third-order valence-corrected chi connectivity index (χ3v) is 3.12. The van der Waals surface area contributed by atoms with E-state index >= 15 is 0 Å². The minimum absolute atomic E-state index is 0.114. The SMILES string of the molecule is C=CC(N)SC1=Nc2ccccc2N=CC1. The van der Waals surface area contributed by atoms with Gasteiger partial charge < -0.3 is 5.73 Å². The lowest BCUT2D eigenvalue weighted by Gasteiger charge is -2.06. The summed E-state index contributed by atoms with van der Waals surface area (Å²) in [6, 6.07) is 7.83. The van der Waals surface area contributed by atoms with Crippen molar-refractivity contribution in [3.05, 3.63) is 36.9 Å². The van der Waals surface area contributed by atoms with E-state index in [-0.39, 0.29) is 5.37 Å². The second-order valence-electron chi connectivity index (χ2n) is 3.33. The van der Waals surface area contributed by atoms with Crippen molar-refractivity contribution >= 4 is 34.4 Å². The van der Waals surface area contributed by atoms with Gasteiger partial charge in [0.05, 0.1) is 21.8 Å². The second kappa shape index (κ2) is 5.09. The van der Waals surface area contributed by atoms with Crippen molar-refractivity contribution in [1.29, 1.82) is 0 Å². The van der Waals surface area contributed by atoms with Gasteiger partial charge in [-0.25, -0.2) is 4.99 Å². The summed E-state index contributed by atoms with van der Waals surface area (Å²) in [6.07, 6.45) is 4.30. The lowest BCUT2D eigenvalue weighted by Crippen LogP contribution is -2.14. The monoisotopic (exact) mass is 231 g/mol. The number of fused-ring (bicyclic) bond motifs is 1. The number of thioether (sulfide) groups is 1. The first-order chi connectivity index (χ1) is 7.79. The fourth-order valence-electron chi connectivity index (χ4n) is 1.35. The molecule has 0 fully saturated rings. The molecule has 2 rings (SSSR count). The average Bonchev–Trinajstić information content (AvgIpc) is 2.50. The maximum atomic E-state index is 5.79. The van der Waals surface area contributed by atoms with Crippen LogP contribution in [0.4, 0.5) is 11.4 Å². The van der Waals surface area contributed by atoms with E-state index in [1.54, 1.807) is 6.08 Å². The lowest BCUT2D eigenvalue weighted by molar-refractivity contribution is 1.17. The van der Waals surface area contributed by atoms with Gasteiger partial charge >= 0.3 is 0 Å². The van der Waals surface area contributed by atoms with Gasteiger partial charge in [-0.3, -0.25) is 4.99 Å². The van der Waals surface area contributed by atoms with Crippen LogP contribution in [0.2, 0.25) is 0 Å². The predicted molar refractivity (Wildman–Crippen MR) is 72.1 cm³/mol. The maximum absolute atomic E-state index is 5.79. The summed E-state index contributed by atoms with van der Waals surface area (Å²) < 4.78 is 0. The van der Waals surface area contributed by atoms with Crippen molar-refractivity contribution in [2.75, 3.05) is 0 Å². The maximum Gasteiger partial charge on any atom is 0.0895 e. The van der Waals surface area contributed by atoms with E-state index in [1.165, 1.54) is 11.8 Å². The van der Waals surface area contributed by atoms with Crippen LogP contribution < -0.4 is 5.73 Å². The van der Waals surface area contributed by atoms with E-state index in [4.69, 9.17) is 5.73 Å². The Hall–Kier alpha value is -1.39. The number of benzene rings is 1. The number of nitrogens with two attached hydrogens (primary N) is 1. The van der Waals surface area contributed by atoms with Crippen molar-refractivity contribution in [2.45, 2.75) is 11.8 Å². The molecule has 82 valence electrons. The summed E-state index contributed by atoms with van der Waals surface area (Å²) in [7, 11) is 0. The highest BCUT2D eigenvalue weighted by atomic mass is 32.2. The molecule has 0 radical (unpaired) electrons. The van der Waals surface area contributed by atoms with Gasteiger partial charge in [0.25, 0.3) is 0 Å². The number of hydrogen-bond donors (Lipinski definition) is 1. The highest BCUT2D eigenvalue weighted by Gasteiger charge is 2.09. The number of hydrogen-bond acceptors (Lipinski definition) is 4. The molecule has 0 spiro atoms. The minimum atomic E-state index is -0.114. The van der Waals surface area contributed by atoms with Gasteiger partial charge in [0.1, 0.15) is 0 Å².